The van der Waals surface area contributed by atoms with Crippen LogP contribution in [0.15, 0.2) is 0 Å². The van der Waals surface area contributed by atoms with Crippen LogP contribution in [0, 0.1) is 11.8 Å². The predicted molar refractivity (Wildman–Crippen MR) is 49.1 cm³/mol. The monoisotopic (exact) mass is 169 g/mol. The van der Waals surface area contributed by atoms with Crippen LogP contribution in [0.2, 0.25) is 0 Å². The molecule has 1 aliphatic heterocycles. The molecule has 1 saturated carbocycles. The van der Waals surface area contributed by atoms with Crippen LogP contribution in [0.3, 0.4) is 0 Å². The number of hydrogen-bond donors (Lipinski definition) is 1. The molecule has 1 heterocycles. The van der Waals surface area contributed by atoms with Gasteiger partial charge in [0, 0.05) is 19.2 Å². The van der Waals surface area contributed by atoms with Crippen molar-refractivity contribution in [1.82, 2.24) is 5.32 Å². The van der Waals surface area contributed by atoms with Gasteiger partial charge in [0.2, 0.25) is 0 Å². The number of hydrogen-bond acceptors (Lipinski definition) is 2. The highest BCUT2D eigenvalue weighted by Crippen LogP contribution is 2.33. The zero-order chi connectivity index (χ0) is 8.55. The van der Waals surface area contributed by atoms with E-state index in [0.717, 1.165) is 18.6 Å². The molecule has 0 aromatic carbocycles. The van der Waals surface area contributed by atoms with Gasteiger partial charge >= 0.3 is 0 Å². The van der Waals surface area contributed by atoms with Gasteiger partial charge in [-0.25, -0.2) is 0 Å². The first kappa shape index (κ1) is 8.52. The van der Waals surface area contributed by atoms with Gasteiger partial charge in [-0.05, 0) is 24.7 Å². The van der Waals surface area contributed by atoms with Crippen molar-refractivity contribution >= 4 is 0 Å². The molecule has 0 aromatic heterocycles. The highest BCUT2D eigenvalue weighted by Gasteiger charge is 2.39. The summed E-state index contributed by atoms with van der Waals surface area (Å²) in [5, 5.41) is 3.49. The maximum atomic E-state index is 5.86. The summed E-state index contributed by atoms with van der Waals surface area (Å²) in [5.41, 5.74) is 0. The second-order valence-electron chi connectivity index (χ2n) is 4.60. The van der Waals surface area contributed by atoms with E-state index in [1.807, 2.05) is 0 Å². The SMILES string of the molecule is CC(C)CO[C@@H]1C[C@@H]2C[C@H]1CN2. The third kappa shape index (κ3) is 1.64. The van der Waals surface area contributed by atoms with Crippen molar-refractivity contribution in [2.45, 2.75) is 38.8 Å². The van der Waals surface area contributed by atoms with Crippen molar-refractivity contribution in [3.05, 3.63) is 0 Å². The minimum absolute atomic E-state index is 0.568. The first-order valence-corrected chi connectivity index (χ1v) is 5.10. The van der Waals surface area contributed by atoms with Gasteiger partial charge in [0.1, 0.15) is 0 Å². The zero-order valence-electron chi connectivity index (χ0n) is 8.05. The van der Waals surface area contributed by atoms with Crippen LogP contribution in [-0.4, -0.2) is 25.3 Å². The van der Waals surface area contributed by atoms with E-state index >= 15 is 0 Å². The van der Waals surface area contributed by atoms with Crippen LogP contribution in [0.4, 0.5) is 0 Å². The third-order valence-corrected chi connectivity index (χ3v) is 2.94. The maximum absolute atomic E-state index is 5.86. The summed E-state index contributed by atoms with van der Waals surface area (Å²) < 4.78 is 5.86. The largest absolute Gasteiger partial charge is 0.378 e. The Kier molecular flexibility index (Phi) is 2.37. The van der Waals surface area contributed by atoms with E-state index in [9.17, 15) is 0 Å². The standard InChI is InChI=1S/C10H19NO/c1-7(2)6-12-10-4-9-3-8(10)5-11-9/h7-11H,3-6H2,1-2H3/t8-,9-,10+/m0/s1. The van der Waals surface area contributed by atoms with Crippen molar-refractivity contribution in [2.75, 3.05) is 13.2 Å². The number of nitrogens with one attached hydrogen (secondary N) is 1. The molecule has 0 amide bonds. The van der Waals surface area contributed by atoms with E-state index in [0.29, 0.717) is 12.0 Å². The van der Waals surface area contributed by atoms with Crippen molar-refractivity contribution in [3.63, 3.8) is 0 Å². The molecular formula is C10H19NO. The zero-order valence-corrected chi connectivity index (χ0v) is 8.05. The Labute approximate surface area is 74.7 Å². The Balaban J connectivity index is 1.76. The molecule has 2 heteroatoms. The Bertz CT molecular complexity index is 158. The fourth-order valence-electron chi connectivity index (χ4n) is 2.31. The summed E-state index contributed by atoms with van der Waals surface area (Å²) in [7, 11) is 0. The highest BCUT2D eigenvalue weighted by molar-refractivity contribution is 4.95. The van der Waals surface area contributed by atoms with Gasteiger partial charge < -0.3 is 10.1 Å². The molecule has 2 aliphatic rings. The topological polar surface area (TPSA) is 21.3 Å². The van der Waals surface area contributed by atoms with Crippen molar-refractivity contribution in [1.29, 1.82) is 0 Å². The minimum atomic E-state index is 0.568. The quantitative estimate of drug-likeness (QED) is 0.689. The van der Waals surface area contributed by atoms with E-state index in [1.54, 1.807) is 0 Å². The first-order chi connectivity index (χ1) is 5.75. The molecule has 2 nitrogen and oxygen atoms in total. The van der Waals surface area contributed by atoms with Crippen LogP contribution in [-0.2, 0) is 4.74 Å². The van der Waals surface area contributed by atoms with Gasteiger partial charge in [-0.1, -0.05) is 13.8 Å². The average molecular weight is 169 g/mol. The summed E-state index contributed by atoms with van der Waals surface area (Å²) in [6, 6.07) is 0.771. The molecular weight excluding hydrogens is 150 g/mol. The summed E-state index contributed by atoms with van der Waals surface area (Å²) in [6.07, 6.45) is 3.17. The lowest BCUT2D eigenvalue weighted by Gasteiger charge is -2.23. The lowest BCUT2D eigenvalue weighted by atomic mass is 10.1. The Morgan fingerprint density at radius 2 is 2.25 bits per heavy atom. The van der Waals surface area contributed by atoms with E-state index in [2.05, 4.69) is 19.2 Å². The van der Waals surface area contributed by atoms with E-state index in [4.69, 9.17) is 4.74 Å². The summed E-state index contributed by atoms with van der Waals surface area (Å²) in [4.78, 5) is 0. The summed E-state index contributed by atoms with van der Waals surface area (Å²) in [6.45, 7) is 6.55. The van der Waals surface area contributed by atoms with Gasteiger partial charge in [0.25, 0.3) is 0 Å². The van der Waals surface area contributed by atoms with E-state index < -0.39 is 0 Å². The molecule has 2 fully saturated rings. The van der Waals surface area contributed by atoms with E-state index in [-0.39, 0.29) is 0 Å². The van der Waals surface area contributed by atoms with Gasteiger partial charge in [-0.2, -0.15) is 0 Å². The molecule has 70 valence electrons. The smallest absolute Gasteiger partial charge is 0.0630 e. The van der Waals surface area contributed by atoms with Crippen LogP contribution < -0.4 is 5.32 Å². The van der Waals surface area contributed by atoms with Crippen LogP contribution in [0.5, 0.6) is 0 Å². The molecule has 0 aromatic rings. The van der Waals surface area contributed by atoms with Gasteiger partial charge in [0.05, 0.1) is 6.10 Å². The second kappa shape index (κ2) is 3.35. The first-order valence-electron chi connectivity index (χ1n) is 5.10. The van der Waals surface area contributed by atoms with Crippen molar-refractivity contribution in [2.24, 2.45) is 11.8 Å². The predicted octanol–water partition coefficient (Wildman–Crippen LogP) is 1.41. The van der Waals surface area contributed by atoms with Crippen molar-refractivity contribution < 1.29 is 4.74 Å². The molecule has 0 unspecified atom stereocenters. The Morgan fingerprint density at radius 1 is 1.42 bits per heavy atom. The Morgan fingerprint density at radius 3 is 2.75 bits per heavy atom. The molecule has 3 atom stereocenters. The molecule has 2 bridgehead atoms. The molecule has 12 heavy (non-hydrogen) atoms. The van der Waals surface area contributed by atoms with Gasteiger partial charge in [-0.3, -0.25) is 0 Å². The van der Waals surface area contributed by atoms with Crippen LogP contribution in [0.1, 0.15) is 26.7 Å². The molecule has 1 saturated heterocycles. The van der Waals surface area contributed by atoms with E-state index in [1.165, 1.54) is 19.4 Å². The average Bonchev–Trinajstić information content (AvgIpc) is 2.60. The number of ether oxygens (including phenoxy) is 1. The van der Waals surface area contributed by atoms with Gasteiger partial charge in [-0.15, -0.1) is 0 Å². The lowest BCUT2D eigenvalue weighted by molar-refractivity contribution is 0.00679. The minimum Gasteiger partial charge on any atom is -0.378 e. The fourth-order valence-corrected chi connectivity index (χ4v) is 2.31. The Hall–Kier alpha value is -0.0800. The van der Waals surface area contributed by atoms with Crippen molar-refractivity contribution in [3.8, 4) is 0 Å². The molecule has 0 radical (unpaired) electrons. The van der Waals surface area contributed by atoms with Gasteiger partial charge in [0.15, 0.2) is 0 Å². The fraction of sp³-hybridized carbons (Fsp3) is 1.00. The lowest BCUT2D eigenvalue weighted by Crippen LogP contribution is -2.34. The maximum Gasteiger partial charge on any atom is 0.0630 e. The highest BCUT2D eigenvalue weighted by atomic mass is 16.5. The van der Waals surface area contributed by atoms with Crippen LogP contribution in [0.25, 0.3) is 0 Å². The number of fused-ring (bicyclic) bond motifs is 2. The summed E-state index contributed by atoms with van der Waals surface area (Å²) in [5.74, 6) is 1.49. The molecule has 1 N–H and O–H groups in total. The number of rotatable bonds is 3. The second-order valence-corrected chi connectivity index (χ2v) is 4.60. The number of piperidine rings is 1. The normalized spacial score (nSPS) is 39.8. The molecule has 0 spiro atoms. The summed E-state index contributed by atoms with van der Waals surface area (Å²) >= 11 is 0. The molecule has 2 rings (SSSR count). The third-order valence-electron chi connectivity index (χ3n) is 2.94. The van der Waals surface area contributed by atoms with Crippen LogP contribution >= 0.6 is 0 Å². The molecule has 1 aliphatic carbocycles.